The van der Waals surface area contributed by atoms with E-state index in [9.17, 15) is 0 Å². The van der Waals surface area contributed by atoms with E-state index in [1.165, 1.54) is 0 Å². The number of nitrogen functional groups attached to an aromatic ring is 1. The van der Waals surface area contributed by atoms with Crippen molar-refractivity contribution >= 4 is 21.6 Å². The first kappa shape index (κ1) is 10.0. The van der Waals surface area contributed by atoms with E-state index in [1.807, 2.05) is 0 Å². The summed E-state index contributed by atoms with van der Waals surface area (Å²) in [5.41, 5.74) is 6.60. The maximum absolute atomic E-state index is 8.92. The lowest BCUT2D eigenvalue weighted by molar-refractivity contribution is 0.253. The lowest BCUT2D eigenvalue weighted by Gasteiger charge is -1.97. The molecule has 0 saturated carbocycles. The van der Waals surface area contributed by atoms with Crippen molar-refractivity contribution in [2.24, 2.45) is 0 Å². The number of nitrogens with zero attached hydrogens (tertiary/aromatic N) is 1. The molecule has 0 saturated heterocycles. The lowest BCUT2D eigenvalue weighted by Crippen LogP contribution is -1.96. The van der Waals surface area contributed by atoms with Crippen LogP contribution in [-0.2, 0) is 0 Å². The normalized spacial score (nSPS) is 11.6. The van der Waals surface area contributed by atoms with E-state index < -0.39 is 6.10 Å². The van der Waals surface area contributed by atoms with Crippen molar-refractivity contribution in [3.63, 3.8) is 0 Å². The van der Waals surface area contributed by atoms with E-state index in [0.717, 1.165) is 0 Å². The van der Waals surface area contributed by atoms with Gasteiger partial charge in [-0.15, -0.1) is 0 Å². The van der Waals surface area contributed by atoms with Gasteiger partial charge >= 0.3 is 0 Å². The first-order chi connectivity index (χ1) is 6.09. The number of halogens is 1. The Bertz CT molecular complexity index is 366. The number of rotatable bonds is 0. The summed E-state index contributed by atoms with van der Waals surface area (Å²) in [4.78, 5) is 4.05. The molecule has 3 N–H and O–H groups in total. The second kappa shape index (κ2) is 4.26. The third-order valence-electron chi connectivity index (χ3n) is 1.29. The zero-order valence-electron chi connectivity index (χ0n) is 7.08. The third kappa shape index (κ3) is 3.05. The molecule has 1 unspecified atom stereocenters. The van der Waals surface area contributed by atoms with Crippen LogP contribution in [0, 0.1) is 11.8 Å². The predicted molar refractivity (Wildman–Crippen MR) is 54.9 cm³/mol. The monoisotopic (exact) mass is 240 g/mol. The fourth-order valence-corrected chi connectivity index (χ4v) is 1.03. The second-order valence-electron chi connectivity index (χ2n) is 2.52. The molecule has 0 bridgehead atoms. The van der Waals surface area contributed by atoms with Crippen molar-refractivity contribution in [1.29, 1.82) is 0 Å². The minimum Gasteiger partial charge on any atom is -0.396 e. The van der Waals surface area contributed by atoms with Crippen molar-refractivity contribution in [1.82, 2.24) is 4.98 Å². The zero-order valence-corrected chi connectivity index (χ0v) is 8.67. The van der Waals surface area contributed by atoms with Crippen LogP contribution >= 0.6 is 15.9 Å². The molecule has 0 aromatic carbocycles. The van der Waals surface area contributed by atoms with Gasteiger partial charge in [0.2, 0.25) is 0 Å². The van der Waals surface area contributed by atoms with E-state index in [2.05, 4.69) is 32.8 Å². The van der Waals surface area contributed by atoms with Gasteiger partial charge in [-0.1, -0.05) is 5.92 Å². The fourth-order valence-electron chi connectivity index (χ4n) is 0.719. The van der Waals surface area contributed by atoms with Gasteiger partial charge in [-0.3, -0.25) is 0 Å². The molecule has 0 amide bonds. The number of aliphatic hydroxyl groups excluding tert-OH is 1. The summed E-state index contributed by atoms with van der Waals surface area (Å²) in [6.45, 7) is 1.58. The molecule has 13 heavy (non-hydrogen) atoms. The van der Waals surface area contributed by atoms with Gasteiger partial charge < -0.3 is 10.8 Å². The van der Waals surface area contributed by atoms with Crippen LogP contribution in [-0.4, -0.2) is 16.2 Å². The zero-order chi connectivity index (χ0) is 9.84. The quantitative estimate of drug-likeness (QED) is 0.529. The molecule has 1 aromatic rings. The van der Waals surface area contributed by atoms with Gasteiger partial charge in [-0.2, -0.15) is 0 Å². The Balaban J connectivity index is 3.02. The number of hydrogen-bond acceptors (Lipinski definition) is 3. The van der Waals surface area contributed by atoms with Crippen LogP contribution in [0.5, 0.6) is 0 Å². The summed E-state index contributed by atoms with van der Waals surface area (Å²) in [5, 5.41) is 8.92. The van der Waals surface area contributed by atoms with Crippen LogP contribution in [0.25, 0.3) is 0 Å². The molecule has 1 heterocycles. The van der Waals surface area contributed by atoms with Crippen LogP contribution < -0.4 is 5.73 Å². The Hall–Kier alpha value is -1.05. The molecule has 1 aromatic heterocycles. The van der Waals surface area contributed by atoms with Gasteiger partial charge in [0.1, 0.15) is 16.4 Å². The van der Waals surface area contributed by atoms with Crippen molar-refractivity contribution in [3.05, 3.63) is 22.4 Å². The Kier molecular flexibility index (Phi) is 3.29. The maximum Gasteiger partial charge on any atom is 0.137 e. The first-order valence-corrected chi connectivity index (χ1v) is 4.50. The highest BCUT2D eigenvalue weighted by Gasteiger charge is 1.97. The van der Waals surface area contributed by atoms with Gasteiger partial charge in [0, 0.05) is 0 Å². The molecule has 0 spiro atoms. The van der Waals surface area contributed by atoms with E-state index in [1.54, 1.807) is 19.1 Å². The minimum atomic E-state index is -0.666. The SMILES string of the molecule is CC(O)C#Cc1nc(Br)ccc1N. The van der Waals surface area contributed by atoms with E-state index in [0.29, 0.717) is 16.0 Å². The Morgan fingerprint density at radius 1 is 1.62 bits per heavy atom. The molecule has 0 aliphatic heterocycles. The van der Waals surface area contributed by atoms with Crippen molar-refractivity contribution in [2.75, 3.05) is 5.73 Å². The standard InChI is InChI=1S/C9H9BrN2O/c1-6(13)2-4-8-7(11)3-5-9(10)12-8/h3,5-6,13H,11H2,1H3. The molecule has 3 nitrogen and oxygen atoms in total. The number of aliphatic hydroxyl groups is 1. The van der Waals surface area contributed by atoms with Gasteiger partial charge in [-0.05, 0) is 40.9 Å². The molecule has 68 valence electrons. The second-order valence-corrected chi connectivity index (χ2v) is 3.33. The van der Waals surface area contributed by atoms with E-state index in [4.69, 9.17) is 10.8 Å². The average molecular weight is 241 g/mol. The van der Waals surface area contributed by atoms with Crippen LogP contribution in [0.15, 0.2) is 16.7 Å². The van der Waals surface area contributed by atoms with Crippen LogP contribution in [0.3, 0.4) is 0 Å². The molecule has 4 heteroatoms. The summed E-state index contributed by atoms with van der Waals surface area (Å²) >= 11 is 3.21. The molecule has 0 radical (unpaired) electrons. The summed E-state index contributed by atoms with van der Waals surface area (Å²) in [6, 6.07) is 3.45. The van der Waals surface area contributed by atoms with Crippen molar-refractivity contribution < 1.29 is 5.11 Å². The largest absolute Gasteiger partial charge is 0.396 e. The summed E-state index contributed by atoms with van der Waals surface area (Å²) in [5.74, 6) is 5.26. The highest BCUT2D eigenvalue weighted by Crippen LogP contribution is 2.12. The highest BCUT2D eigenvalue weighted by atomic mass is 79.9. The maximum atomic E-state index is 8.92. The third-order valence-corrected chi connectivity index (χ3v) is 1.73. The Morgan fingerprint density at radius 3 is 2.92 bits per heavy atom. The van der Waals surface area contributed by atoms with Gasteiger partial charge in [0.25, 0.3) is 0 Å². The van der Waals surface area contributed by atoms with Gasteiger partial charge in [0.15, 0.2) is 0 Å². The summed E-state index contributed by atoms with van der Waals surface area (Å²) in [7, 11) is 0. The summed E-state index contributed by atoms with van der Waals surface area (Å²) in [6.07, 6.45) is -0.666. The average Bonchev–Trinajstić information content (AvgIpc) is 2.06. The molecule has 0 fully saturated rings. The molecule has 0 aliphatic carbocycles. The lowest BCUT2D eigenvalue weighted by atomic mass is 10.3. The number of hydrogen-bond donors (Lipinski definition) is 2. The highest BCUT2D eigenvalue weighted by molar-refractivity contribution is 9.10. The molecule has 1 rings (SSSR count). The molecular weight excluding hydrogens is 232 g/mol. The Morgan fingerprint density at radius 2 is 2.31 bits per heavy atom. The number of pyridine rings is 1. The number of nitrogens with two attached hydrogens (primary N) is 1. The molecular formula is C9H9BrN2O. The first-order valence-electron chi connectivity index (χ1n) is 3.71. The van der Waals surface area contributed by atoms with Crippen molar-refractivity contribution in [3.8, 4) is 11.8 Å². The smallest absolute Gasteiger partial charge is 0.137 e. The number of anilines is 1. The summed E-state index contributed by atoms with van der Waals surface area (Å²) < 4.78 is 0.677. The molecule has 0 aliphatic rings. The predicted octanol–water partition coefficient (Wildman–Crippen LogP) is 1.16. The minimum absolute atomic E-state index is 0.482. The Labute approximate surface area is 85.1 Å². The fraction of sp³-hybridized carbons (Fsp3) is 0.222. The van der Waals surface area contributed by atoms with Gasteiger partial charge in [0.05, 0.1) is 5.69 Å². The van der Waals surface area contributed by atoms with Crippen LogP contribution in [0.1, 0.15) is 12.6 Å². The number of aromatic nitrogens is 1. The van der Waals surface area contributed by atoms with Gasteiger partial charge in [-0.25, -0.2) is 4.98 Å². The van der Waals surface area contributed by atoms with E-state index in [-0.39, 0.29) is 0 Å². The van der Waals surface area contributed by atoms with Crippen LogP contribution in [0.2, 0.25) is 0 Å². The topological polar surface area (TPSA) is 59.1 Å². The van der Waals surface area contributed by atoms with Crippen LogP contribution in [0.4, 0.5) is 5.69 Å². The van der Waals surface area contributed by atoms with Crippen molar-refractivity contribution in [2.45, 2.75) is 13.0 Å². The molecule has 1 atom stereocenters. The van der Waals surface area contributed by atoms with E-state index >= 15 is 0 Å².